The molecule has 0 amide bonds. The molecule has 0 aliphatic heterocycles. The quantitative estimate of drug-likeness (QED) is 0.431. The van der Waals surface area contributed by atoms with Crippen LogP contribution in [0.5, 0.6) is 0 Å². The van der Waals surface area contributed by atoms with Crippen LogP contribution < -0.4 is 10.6 Å². The van der Waals surface area contributed by atoms with Crippen LogP contribution in [0.15, 0.2) is 24.3 Å². The molecule has 0 aliphatic rings. The number of hydrogen-bond donors (Lipinski definition) is 2. The molecule has 2 aromatic carbocycles. The third kappa shape index (κ3) is 5.54. The Hall–Kier alpha value is -1.25. The molecule has 198 valence electrons. The van der Waals surface area contributed by atoms with E-state index in [1.54, 1.807) is 0 Å². The van der Waals surface area contributed by atoms with Crippen molar-refractivity contribution in [1.82, 2.24) is 0 Å². The number of aryl methyl sites for hydroxylation is 2. The van der Waals surface area contributed by atoms with Crippen molar-refractivity contribution in [2.45, 2.75) is 119 Å². The average Bonchev–Trinajstić information content (AvgIpc) is 2.63. The Labute approximate surface area is 215 Å². The molecule has 0 aromatic heterocycles. The van der Waals surface area contributed by atoms with Crippen LogP contribution in [0.2, 0.25) is 0 Å². The van der Waals surface area contributed by atoms with Crippen LogP contribution in [-0.2, 0) is 26.2 Å². The van der Waals surface area contributed by atoms with Gasteiger partial charge in [-0.15, -0.1) is 0 Å². The number of benzene rings is 2. The van der Waals surface area contributed by atoms with Gasteiger partial charge in [0.1, 0.15) is 0 Å². The van der Waals surface area contributed by atoms with Crippen molar-refractivity contribution in [3.05, 3.63) is 57.6 Å². The molecule has 2 aromatic rings. The molecule has 0 radical (unpaired) electrons. The van der Waals surface area contributed by atoms with E-state index in [1.807, 2.05) is 13.8 Å². The molecule has 0 unspecified atom stereocenters. The Bertz CT molecular complexity index is 1030. The van der Waals surface area contributed by atoms with Crippen molar-refractivity contribution in [1.29, 1.82) is 0 Å². The van der Waals surface area contributed by atoms with Gasteiger partial charge < -0.3 is 0 Å². The Morgan fingerprint density at radius 3 is 1.03 bits per heavy atom. The Morgan fingerprint density at radius 2 is 0.829 bits per heavy atom. The summed E-state index contributed by atoms with van der Waals surface area (Å²) in [5.41, 5.74) is 5.11. The molecular formula is C31H51O3P. The fraction of sp³-hybridized carbons (Fsp3) is 0.613. The van der Waals surface area contributed by atoms with Crippen molar-refractivity contribution in [2.75, 3.05) is 7.11 Å². The van der Waals surface area contributed by atoms with Gasteiger partial charge in [-0.2, -0.15) is 0 Å². The minimum atomic E-state index is -5.05. The predicted octanol–water partition coefficient (Wildman–Crippen LogP) is 7.37. The second-order valence-electron chi connectivity index (χ2n) is 14.5. The molecule has 0 saturated heterocycles. The predicted molar refractivity (Wildman–Crippen MR) is 155 cm³/mol. The average molecular weight is 503 g/mol. The molecule has 0 bridgehead atoms. The van der Waals surface area contributed by atoms with Crippen LogP contribution in [0.3, 0.4) is 0 Å². The first-order chi connectivity index (χ1) is 15.3. The molecule has 0 aliphatic carbocycles. The van der Waals surface area contributed by atoms with E-state index in [4.69, 9.17) is 4.52 Å². The van der Waals surface area contributed by atoms with Gasteiger partial charge in [-0.1, -0.05) is 0 Å². The Balaban J connectivity index is 3.20. The first kappa shape index (κ1) is 30.0. The van der Waals surface area contributed by atoms with E-state index in [-0.39, 0.29) is 21.7 Å². The molecule has 35 heavy (non-hydrogen) atoms. The summed E-state index contributed by atoms with van der Waals surface area (Å²) in [6.07, 6.45) is 0. The van der Waals surface area contributed by atoms with E-state index in [2.05, 4.69) is 107 Å². The van der Waals surface area contributed by atoms with Crippen molar-refractivity contribution in [3.8, 4) is 0 Å². The number of hydrogen-bond acceptors (Lipinski definition) is 3. The van der Waals surface area contributed by atoms with Crippen molar-refractivity contribution < 1.29 is 14.3 Å². The number of rotatable bonds is 3. The first-order valence-electron chi connectivity index (χ1n) is 12.7. The summed E-state index contributed by atoms with van der Waals surface area (Å²) >= 11 is 0. The van der Waals surface area contributed by atoms with Crippen LogP contribution in [0, 0.1) is 13.8 Å². The van der Waals surface area contributed by atoms with Gasteiger partial charge in [-0.05, 0) is 0 Å². The maximum absolute atomic E-state index is 12.7. The third-order valence-corrected chi connectivity index (χ3v) is 10.6. The molecule has 0 heterocycles. The molecular weight excluding hydrogens is 451 g/mol. The maximum atomic E-state index is 12.7. The summed E-state index contributed by atoms with van der Waals surface area (Å²) in [6, 6.07) is 8.52. The molecule has 0 atom stereocenters. The van der Waals surface area contributed by atoms with Gasteiger partial charge in [-0.3, -0.25) is 0 Å². The van der Waals surface area contributed by atoms with Crippen LogP contribution in [-0.4, -0.2) is 16.9 Å². The van der Waals surface area contributed by atoms with Crippen molar-refractivity contribution in [3.63, 3.8) is 0 Å². The summed E-state index contributed by atoms with van der Waals surface area (Å²) in [5.74, 6) is 0. The third-order valence-electron chi connectivity index (χ3n) is 7.10. The van der Waals surface area contributed by atoms with Crippen LogP contribution in [0.4, 0.5) is 0 Å². The van der Waals surface area contributed by atoms with Crippen molar-refractivity contribution in [2.24, 2.45) is 0 Å². The molecule has 0 spiro atoms. The van der Waals surface area contributed by atoms with Gasteiger partial charge in [0.05, 0.1) is 0 Å². The van der Waals surface area contributed by atoms with Crippen molar-refractivity contribution >= 4 is 17.9 Å². The second kappa shape index (κ2) is 8.66. The van der Waals surface area contributed by atoms with E-state index >= 15 is 0 Å². The minimum absolute atomic E-state index is 0.0709. The van der Waals surface area contributed by atoms with Crippen LogP contribution in [0.25, 0.3) is 0 Å². The van der Waals surface area contributed by atoms with Gasteiger partial charge in [0.25, 0.3) is 0 Å². The normalized spacial score (nSPS) is 15.2. The fourth-order valence-electron chi connectivity index (χ4n) is 4.93. The summed E-state index contributed by atoms with van der Waals surface area (Å²) in [6.45, 7) is 29.9. The van der Waals surface area contributed by atoms with Gasteiger partial charge in [0.2, 0.25) is 0 Å². The van der Waals surface area contributed by atoms with E-state index in [0.717, 1.165) is 22.3 Å². The molecule has 4 heteroatoms. The summed E-state index contributed by atoms with van der Waals surface area (Å²) < 4.78 is 6.02. The molecule has 2 N–H and O–H groups in total. The van der Waals surface area contributed by atoms with Crippen LogP contribution >= 0.6 is 7.28 Å². The van der Waals surface area contributed by atoms with E-state index in [0.29, 0.717) is 10.6 Å². The van der Waals surface area contributed by atoms with E-state index in [1.165, 1.54) is 18.2 Å². The Kier molecular flexibility index (Phi) is 7.42. The first-order valence-corrected chi connectivity index (χ1v) is 14.8. The topological polar surface area (TPSA) is 49.7 Å². The summed E-state index contributed by atoms with van der Waals surface area (Å²) in [4.78, 5) is 25.5. The second-order valence-corrected chi connectivity index (χ2v) is 17.7. The summed E-state index contributed by atoms with van der Waals surface area (Å²) in [7, 11) is -3.60. The van der Waals surface area contributed by atoms with Crippen LogP contribution in [0.1, 0.15) is 116 Å². The SMILES string of the molecule is COP(O)(O)(c1c(C)cc(C(C)(C)C)cc1C(C)(C)C)c1c(C)cc(C(C)(C)C)cc1C(C)(C)C. The van der Waals surface area contributed by atoms with E-state index < -0.39 is 7.28 Å². The van der Waals surface area contributed by atoms with Gasteiger partial charge in [-0.25, -0.2) is 0 Å². The molecule has 3 nitrogen and oxygen atoms in total. The van der Waals surface area contributed by atoms with Gasteiger partial charge >= 0.3 is 216 Å². The van der Waals surface area contributed by atoms with E-state index in [9.17, 15) is 9.79 Å². The van der Waals surface area contributed by atoms with Gasteiger partial charge in [0, 0.05) is 0 Å². The molecule has 0 saturated carbocycles. The molecule has 0 fully saturated rings. The molecule has 2 rings (SSSR count). The zero-order chi connectivity index (χ0) is 27.6. The summed E-state index contributed by atoms with van der Waals surface area (Å²) in [5, 5.41) is 1.08. The zero-order valence-electron chi connectivity index (χ0n) is 25.1. The van der Waals surface area contributed by atoms with Gasteiger partial charge in [0.15, 0.2) is 0 Å². The zero-order valence-corrected chi connectivity index (χ0v) is 26.0. The fourth-order valence-corrected chi connectivity index (χ4v) is 8.59. The Morgan fingerprint density at radius 1 is 0.543 bits per heavy atom. The standard InChI is InChI=1S/C31H51O3P/c1-20-16-22(28(3,4)5)18-24(30(9,10)11)26(20)35(32,33,34-15)27-21(2)17-23(29(6,7)8)19-25(27)31(12,13)14/h16-19,32-33H,1-15H3. The monoisotopic (exact) mass is 502 g/mol.